The van der Waals surface area contributed by atoms with Crippen molar-refractivity contribution in [3.8, 4) is 5.69 Å². The Morgan fingerprint density at radius 2 is 1.91 bits per heavy atom. The van der Waals surface area contributed by atoms with Crippen LogP contribution in [-0.4, -0.2) is 64.7 Å². The number of nitrogens with zero attached hydrogens (tertiary/aromatic N) is 5. The van der Waals surface area contributed by atoms with Crippen molar-refractivity contribution in [1.82, 2.24) is 19.7 Å². The van der Waals surface area contributed by atoms with Crippen LogP contribution in [0, 0.1) is 5.82 Å². The number of thioether (sulfide) groups is 1. The van der Waals surface area contributed by atoms with Crippen LogP contribution in [-0.2, 0) is 16.1 Å². The van der Waals surface area contributed by atoms with E-state index in [-0.39, 0.29) is 18.2 Å². The van der Waals surface area contributed by atoms with E-state index in [9.17, 15) is 9.18 Å². The second-order valence-electron chi connectivity index (χ2n) is 7.29. The quantitative estimate of drug-likeness (QED) is 0.486. The topological polar surface area (TPSA) is 63.5 Å². The number of carbonyl (C=O) groups is 1. The van der Waals surface area contributed by atoms with Crippen molar-refractivity contribution < 1.29 is 13.9 Å². The van der Waals surface area contributed by atoms with Crippen molar-refractivity contribution in [2.45, 2.75) is 11.7 Å². The Kier molecular flexibility index (Phi) is 7.29. The third kappa shape index (κ3) is 5.06. The highest BCUT2D eigenvalue weighted by molar-refractivity contribution is 7.99. The molecule has 168 valence electrons. The van der Waals surface area contributed by atoms with Crippen molar-refractivity contribution >= 4 is 35.2 Å². The van der Waals surface area contributed by atoms with E-state index >= 15 is 0 Å². The highest BCUT2D eigenvalue weighted by atomic mass is 35.5. The monoisotopic (exact) mass is 475 g/mol. The van der Waals surface area contributed by atoms with Gasteiger partial charge in [0, 0.05) is 37.3 Å². The highest BCUT2D eigenvalue weighted by Gasteiger charge is 2.23. The van der Waals surface area contributed by atoms with Gasteiger partial charge in [-0.2, -0.15) is 0 Å². The summed E-state index contributed by atoms with van der Waals surface area (Å²) in [5.41, 5.74) is 1.22. The van der Waals surface area contributed by atoms with Gasteiger partial charge in [-0.3, -0.25) is 9.36 Å². The predicted octanol–water partition coefficient (Wildman–Crippen LogP) is 3.65. The van der Waals surface area contributed by atoms with E-state index in [2.05, 4.69) is 15.1 Å². The number of benzene rings is 2. The van der Waals surface area contributed by atoms with Crippen molar-refractivity contribution in [2.24, 2.45) is 0 Å². The van der Waals surface area contributed by atoms with Gasteiger partial charge in [-0.15, -0.1) is 10.2 Å². The fourth-order valence-corrected chi connectivity index (χ4v) is 4.48. The number of carbonyl (C=O) groups excluding carboxylic acids is 1. The zero-order valence-corrected chi connectivity index (χ0v) is 19.2. The third-order valence-electron chi connectivity index (χ3n) is 5.13. The van der Waals surface area contributed by atoms with Gasteiger partial charge in [0.05, 0.1) is 24.7 Å². The molecule has 7 nitrogen and oxygen atoms in total. The maximum Gasteiger partial charge on any atom is 0.233 e. The molecular formula is C22H23ClFN5O2S. The van der Waals surface area contributed by atoms with Crippen molar-refractivity contribution in [3.05, 3.63) is 64.9 Å². The Bertz CT molecular complexity index is 1060. The van der Waals surface area contributed by atoms with E-state index in [0.717, 1.165) is 24.7 Å². The lowest BCUT2D eigenvalue weighted by Crippen LogP contribution is -2.37. The molecule has 0 bridgehead atoms. The van der Waals surface area contributed by atoms with Gasteiger partial charge in [-0.25, -0.2) is 4.39 Å². The van der Waals surface area contributed by atoms with Crippen molar-refractivity contribution in [2.75, 3.05) is 44.0 Å². The van der Waals surface area contributed by atoms with Gasteiger partial charge >= 0.3 is 0 Å². The summed E-state index contributed by atoms with van der Waals surface area (Å²) in [6.07, 6.45) is 0. The van der Waals surface area contributed by atoms with Gasteiger partial charge in [-0.05, 0) is 24.3 Å². The Balaban J connectivity index is 1.50. The first kappa shape index (κ1) is 22.6. The molecule has 1 aliphatic rings. The van der Waals surface area contributed by atoms with Crippen LogP contribution < -0.4 is 4.90 Å². The smallest absolute Gasteiger partial charge is 0.233 e. The van der Waals surface area contributed by atoms with Crippen LogP contribution in [0.3, 0.4) is 0 Å². The molecule has 0 N–H and O–H groups in total. The molecule has 2 aromatic carbocycles. The number of hydrogen-bond acceptors (Lipinski definition) is 6. The molecule has 1 amide bonds. The Labute approximate surface area is 195 Å². The second kappa shape index (κ2) is 10.3. The zero-order valence-electron chi connectivity index (χ0n) is 17.6. The lowest BCUT2D eigenvalue weighted by Gasteiger charge is -2.28. The number of morpholine rings is 1. The van der Waals surface area contributed by atoms with Crippen LogP contribution in [0.2, 0.25) is 5.02 Å². The third-order valence-corrected chi connectivity index (χ3v) is 6.40. The molecule has 0 unspecified atom stereocenters. The van der Waals surface area contributed by atoms with Gasteiger partial charge in [0.2, 0.25) is 11.9 Å². The first-order valence-electron chi connectivity index (χ1n) is 10.2. The average Bonchev–Trinajstić information content (AvgIpc) is 3.25. The summed E-state index contributed by atoms with van der Waals surface area (Å²) in [6.45, 7) is 2.80. The summed E-state index contributed by atoms with van der Waals surface area (Å²) in [7, 11) is 1.63. The fourth-order valence-electron chi connectivity index (χ4n) is 3.37. The number of para-hydroxylation sites is 1. The molecule has 0 atom stereocenters. The van der Waals surface area contributed by atoms with E-state index < -0.39 is 5.82 Å². The fraction of sp³-hybridized carbons (Fsp3) is 0.318. The average molecular weight is 476 g/mol. The molecule has 0 aliphatic carbocycles. The zero-order chi connectivity index (χ0) is 22.5. The minimum atomic E-state index is -0.427. The molecule has 0 saturated carbocycles. The maximum absolute atomic E-state index is 14.1. The summed E-state index contributed by atoms with van der Waals surface area (Å²) in [4.78, 5) is 16.3. The molecule has 1 saturated heterocycles. The van der Waals surface area contributed by atoms with Crippen LogP contribution >= 0.6 is 23.4 Å². The number of halogens is 2. The predicted molar refractivity (Wildman–Crippen MR) is 123 cm³/mol. The molecule has 4 rings (SSSR count). The number of hydrogen-bond donors (Lipinski definition) is 0. The minimum Gasteiger partial charge on any atom is -0.378 e. The SMILES string of the molecule is CN(Cc1c(F)cccc1Cl)C(=O)CSc1nnc(N2CCOCC2)n1-c1ccccc1. The molecule has 3 aromatic rings. The summed E-state index contributed by atoms with van der Waals surface area (Å²) >= 11 is 7.39. The number of rotatable bonds is 7. The first-order chi connectivity index (χ1) is 15.5. The van der Waals surface area contributed by atoms with Crippen LogP contribution in [0.4, 0.5) is 10.3 Å². The molecule has 1 fully saturated rings. The summed E-state index contributed by atoms with van der Waals surface area (Å²) in [5.74, 6) is 0.269. The normalized spacial score (nSPS) is 13.9. The van der Waals surface area contributed by atoms with Gasteiger partial charge < -0.3 is 14.5 Å². The summed E-state index contributed by atoms with van der Waals surface area (Å²) < 4.78 is 21.5. The molecule has 0 spiro atoms. The number of amides is 1. The number of ether oxygens (including phenoxy) is 1. The molecule has 0 radical (unpaired) electrons. The van der Waals surface area contributed by atoms with Gasteiger partial charge in [0.1, 0.15) is 5.82 Å². The van der Waals surface area contributed by atoms with E-state index in [4.69, 9.17) is 16.3 Å². The van der Waals surface area contributed by atoms with Gasteiger partial charge in [0.25, 0.3) is 0 Å². The van der Waals surface area contributed by atoms with Gasteiger partial charge in [0.15, 0.2) is 5.16 Å². The highest BCUT2D eigenvalue weighted by Crippen LogP contribution is 2.27. The van der Waals surface area contributed by atoms with Crippen LogP contribution in [0.25, 0.3) is 5.69 Å². The van der Waals surface area contributed by atoms with Crippen LogP contribution in [0.15, 0.2) is 53.7 Å². The molecule has 32 heavy (non-hydrogen) atoms. The molecular weight excluding hydrogens is 453 g/mol. The molecule has 10 heteroatoms. The van der Waals surface area contributed by atoms with E-state index in [1.54, 1.807) is 19.2 Å². The van der Waals surface area contributed by atoms with Crippen molar-refractivity contribution in [1.29, 1.82) is 0 Å². The van der Waals surface area contributed by atoms with Crippen LogP contribution in [0.1, 0.15) is 5.56 Å². The Hall–Kier alpha value is -2.62. The maximum atomic E-state index is 14.1. The van der Waals surface area contributed by atoms with E-state index in [1.807, 2.05) is 34.9 Å². The Morgan fingerprint density at radius 3 is 2.62 bits per heavy atom. The van der Waals surface area contributed by atoms with E-state index in [0.29, 0.717) is 29.0 Å². The summed E-state index contributed by atoms with van der Waals surface area (Å²) in [5, 5.41) is 9.67. The number of anilines is 1. The second-order valence-corrected chi connectivity index (χ2v) is 8.64. The molecule has 2 heterocycles. The van der Waals surface area contributed by atoms with Crippen LogP contribution in [0.5, 0.6) is 0 Å². The summed E-state index contributed by atoms with van der Waals surface area (Å²) in [6, 6.07) is 14.3. The molecule has 1 aliphatic heterocycles. The lowest BCUT2D eigenvalue weighted by atomic mass is 10.2. The number of aromatic nitrogens is 3. The first-order valence-corrected chi connectivity index (χ1v) is 11.5. The largest absolute Gasteiger partial charge is 0.378 e. The van der Waals surface area contributed by atoms with Gasteiger partial charge in [-0.1, -0.05) is 47.6 Å². The van der Waals surface area contributed by atoms with Crippen molar-refractivity contribution in [3.63, 3.8) is 0 Å². The standard InChI is InChI=1S/C22H23ClFN5O2S/c1-27(14-17-18(23)8-5-9-19(17)24)20(30)15-32-22-26-25-21(28-10-12-31-13-11-28)29(22)16-6-3-2-4-7-16/h2-9H,10-15H2,1H3. The molecule has 1 aromatic heterocycles. The minimum absolute atomic E-state index is 0.0926. The Morgan fingerprint density at radius 1 is 1.16 bits per heavy atom. The van der Waals surface area contributed by atoms with E-state index in [1.165, 1.54) is 22.7 Å². The lowest BCUT2D eigenvalue weighted by molar-refractivity contribution is -0.127.